The number of ketones is 2. The zero-order valence-electron chi connectivity index (χ0n) is 15.5. The Hall–Kier alpha value is -3.10. The normalized spacial score (nSPS) is 12.7. The molecule has 8 heteroatoms. The third-order valence-corrected chi connectivity index (χ3v) is 5.28. The molecule has 0 fully saturated rings. The molecular formula is C20H18N2O5S. The number of nitrogens with zero attached hydrogens (tertiary/aromatic N) is 2. The first kappa shape index (κ1) is 19.7. The summed E-state index contributed by atoms with van der Waals surface area (Å²) in [7, 11) is -0.718. The lowest BCUT2D eigenvalue weighted by molar-refractivity contribution is -0.672. The van der Waals surface area contributed by atoms with Gasteiger partial charge in [-0.15, -0.1) is 0 Å². The largest absolute Gasteiger partial charge is 0.744 e. The van der Waals surface area contributed by atoms with Crippen LogP contribution in [0.15, 0.2) is 59.8 Å². The molecule has 0 bridgehead atoms. The highest BCUT2D eigenvalue weighted by molar-refractivity contribution is 7.85. The summed E-state index contributed by atoms with van der Waals surface area (Å²) in [4.78, 5) is 24.4. The molecule has 0 radical (unpaired) electrons. The van der Waals surface area contributed by atoms with Crippen LogP contribution >= 0.6 is 0 Å². The first-order chi connectivity index (χ1) is 13.1. The van der Waals surface area contributed by atoms with Gasteiger partial charge in [-0.3, -0.25) is 9.59 Å². The molecule has 28 heavy (non-hydrogen) atoms. The van der Waals surface area contributed by atoms with Crippen molar-refractivity contribution in [3.05, 3.63) is 82.9 Å². The van der Waals surface area contributed by atoms with Gasteiger partial charge in [0, 0.05) is 11.1 Å². The third-order valence-electron chi connectivity index (χ3n) is 4.43. The number of carbonyl (C=O) groups is 2. The van der Waals surface area contributed by atoms with Crippen molar-refractivity contribution in [3.8, 4) is 0 Å². The van der Waals surface area contributed by atoms with Gasteiger partial charge >= 0.3 is 0 Å². The summed E-state index contributed by atoms with van der Waals surface area (Å²) in [6, 6.07) is 12.7. The number of rotatable bonds is 1. The van der Waals surface area contributed by atoms with E-state index in [9.17, 15) is 22.6 Å². The topological polar surface area (TPSA) is 100 Å². The average Bonchev–Trinajstić information content (AvgIpc) is 2.94. The molecule has 3 aromatic rings. The molecule has 0 amide bonds. The zero-order valence-corrected chi connectivity index (χ0v) is 16.4. The second kappa shape index (κ2) is 7.14. The maximum absolute atomic E-state index is 12.3. The van der Waals surface area contributed by atoms with Crippen molar-refractivity contribution in [3.63, 3.8) is 0 Å². The van der Waals surface area contributed by atoms with Crippen LogP contribution in [0, 0.1) is 6.92 Å². The lowest BCUT2D eigenvalue weighted by Crippen LogP contribution is -2.36. The van der Waals surface area contributed by atoms with Crippen LogP contribution in [-0.2, 0) is 24.2 Å². The van der Waals surface area contributed by atoms with Crippen molar-refractivity contribution in [2.75, 3.05) is 0 Å². The van der Waals surface area contributed by atoms with Crippen LogP contribution in [0.25, 0.3) is 0 Å². The molecule has 0 unspecified atom stereocenters. The second-order valence-electron chi connectivity index (χ2n) is 6.51. The minimum atomic E-state index is -4.27. The smallest absolute Gasteiger partial charge is 0.244 e. The predicted molar refractivity (Wildman–Crippen MR) is 99.0 cm³/mol. The molecule has 2 aromatic carbocycles. The molecule has 4 rings (SSSR count). The number of fused-ring (bicyclic) bond motifs is 2. The van der Waals surface area contributed by atoms with E-state index < -0.39 is 10.1 Å². The van der Waals surface area contributed by atoms with Crippen LogP contribution in [0.5, 0.6) is 0 Å². The van der Waals surface area contributed by atoms with E-state index in [-0.39, 0.29) is 16.5 Å². The van der Waals surface area contributed by atoms with Crippen molar-refractivity contribution >= 4 is 21.7 Å². The zero-order chi connectivity index (χ0) is 20.6. The maximum atomic E-state index is 12.3. The Bertz CT molecular complexity index is 1140. The summed E-state index contributed by atoms with van der Waals surface area (Å²) in [5.74, 6) is -0.170. The van der Waals surface area contributed by atoms with Gasteiger partial charge in [-0.1, -0.05) is 42.0 Å². The van der Waals surface area contributed by atoms with Crippen LogP contribution in [0.1, 0.15) is 37.7 Å². The summed E-state index contributed by atoms with van der Waals surface area (Å²) in [5.41, 5.74) is 2.85. The molecule has 144 valence electrons. The molecule has 1 aromatic heterocycles. The molecule has 0 atom stereocenters. The predicted octanol–water partition coefficient (Wildman–Crippen LogP) is 1.52. The van der Waals surface area contributed by atoms with Crippen molar-refractivity contribution < 1.29 is 27.1 Å². The molecule has 1 heterocycles. The highest BCUT2D eigenvalue weighted by atomic mass is 32.2. The van der Waals surface area contributed by atoms with Gasteiger partial charge in [-0.25, -0.2) is 17.6 Å². The number of hydrogen-bond acceptors (Lipinski definition) is 5. The fourth-order valence-electron chi connectivity index (χ4n) is 3.08. The van der Waals surface area contributed by atoms with Gasteiger partial charge in [0.15, 0.2) is 0 Å². The summed E-state index contributed by atoms with van der Waals surface area (Å²) in [6.45, 7) is 1.82. The molecule has 0 saturated carbocycles. The Kier molecular flexibility index (Phi) is 5.01. The molecular weight excluding hydrogens is 380 g/mol. The van der Waals surface area contributed by atoms with E-state index in [1.165, 1.54) is 12.1 Å². The molecule has 0 N–H and O–H groups in total. The highest BCUT2D eigenvalue weighted by Crippen LogP contribution is 2.24. The molecule has 1 aliphatic carbocycles. The van der Waals surface area contributed by atoms with Crippen LogP contribution in [0.3, 0.4) is 0 Å². The van der Waals surface area contributed by atoms with Crippen LogP contribution in [0.4, 0.5) is 0 Å². The van der Waals surface area contributed by atoms with Gasteiger partial charge in [0.05, 0.1) is 19.0 Å². The van der Waals surface area contributed by atoms with E-state index in [2.05, 4.69) is 0 Å². The van der Waals surface area contributed by atoms with Gasteiger partial charge < -0.3 is 4.55 Å². The van der Waals surface area contributed by atoms with Crippen LogP contribution in [0.2, 0.25) is 0 Å². The molecule has 0 saturated heterocycles. The lowest BCUT2D eigenvalue weighted by atomic mass is 9.90. The van der Waals surface area contributed by atoms with E-state index in [0.29, 0.717) is 22.5 Å². The Morgan fingerprint density at radius 2 is 1.46 bits per heavy atom. The average molecular weight is 398 g/mol. The SMILES string of the molecule is Cc1ccc(S(=O)(=O)[O-])cc1.Cn1c[n+](C)c2c1C(=O)c1ccccc1C2=O. The third kappa shape index (κ3) is 3.51. The first-order valence-electron chi connectivity index (χ1n) is 8.37. The van der Waals surface area contributed by atoms with Gasteiger partial charge in [-0.05, 0) is 19.1 Å². The Labute approximate surface area is 162 Å². The van der Waals surface area contributed by atoms with Crippen LogP contribution in [-0.4, -0.2) is 29.1 Å². The first-order valence-corrected chi connectivity index (χ1v) is 9.78. The van der Waals surface area contributed by atoms with Crippen molar-refractivity contribution in [1.82, 2.24) is 4.57 Å². The van der Waals surface area contributed by atoms with Crippen LogP contribution < -0.4 is 4.57 Å². The van der Waals surface area contributed by atoms with Crippen molar-refractivity contribution in [1.29, 1.82) is 0 Å². The van der Waals surface area contributed by atoms with E-state index in [1.807, 2.05) is 6.92 Å². The van der Waals surface area contributed by atoms with Gasteiger partial charge in [0.25, 0.3) is 0 Å². The fourth-order valence-corrected chi connectivity index (χ4v) is 3.55. The van der Waals surface area contributed by atoms with Gasteiger partial charge in [0.1, 0.15) is 10.1 Å². The standard InChI is InChI=1S/C13H11N2O2.C7H8O3S/c1-14-7-15(2)11-10(14)12(16)8-5-3-4-6-9(8)13(11)17;1-6-2-4-7(5-3-6)11(8,9)10/h3-7H,1-2H3;2-5H,1H3,(H,8,9,10)/q+1;/p-1. The van der Waals surface area contributed by atoms with E-state index >= 15 is 0 Å². The van der Waals surface area contributed by atoms with Gasteiger partial charge in [-0.2, -0.15) is 0 Å². The van der Waals surface area contributed by atoms with E-state index in [4.69, 9.17) is 0 Å². The van der Waals surface area contributed by atoms with E-state index in [1.54, 1.807) is 66.0 Å². The molecule has 7 nitrogen and oxygen atoms in total. The van der Waals surface area contributed by atoms with Crippen molar-refractivity contribution in [2.45, 2.75) is 11.8 Å². The molecule has 1 aliphatic rings. The molecule has 0 spiro atoms. The number of aryl methyl sites for hydroxylation is 3. The summed E-state index contributed by atoms with van der Waals surface area (Å²) in [6.07, 6.45) is 1.74. The Morgan fingerprint density at radius 1 is 0.929 bits per heavy atom. The number of benzene rings is 2. The van der Waals surface area contributed by atoms with E-state index in [0.717, 1.165) is 5.56 Å². The number of hydrogen-bond donors (Lipinski definition) is 0. The summed E-state index contributed by atoms with van der Waals surface area (Å²) < 4.78 is 34.6. The van der Waals surface area contributed by atoms with Gasteiger partial charge in [0.2, 0.25) is 29.3 Å². The summed E-state index contributed by atoms with van der Waals surface area (Å²) in [5, 5.41) is 0. The quantitative estimate of drug-likeness (QED) is 0.358. The number of carbonyl (C=O) groups excluding carboxylic acids is 2. The summed E-state index contributed by atoms with van der Waals surface area (Å²) >= 11 is 0. The number of aromatic nitrogens is 2. The number of imidazole rings is 1. The maximum Gasteiger partial charge on any atom is 0.244 e. The minimum absolute atomic E-state index is 0.0849. The Balaban J connectivity index is 0.000000178. The minimum Gasteiger partial charge on any atom is -0.744 e. The Morgan fingerprint density at radius 3 is 2.00 bits per heavy atom. The van der Waals surface area contributed by atoms with Crippen molar-refractivity contribution in [2.24, 2.45) is 14.1 Å². The monoisotopic (exact) mass is 398 g/mol. The fraction of sp³-hybridized carbons (Fsp3) is 0.150. The molecule has 0 aliphatic heterocycles. The second-order valence-corrected chi connectivity index (χ2v) is 7.89. The highest BCUT2D eigenvalue weighted by Gasteiger charge is 2.38. The lowest BCUT2D eigenvalue weighted by Gasteiger charge is -2.11.